The van der Waals surface area contributed by atoms with E-state index in [2.05, 4.69) is 64.4 Å². The van der Waals surface area contributed by atoms with Gasteiger partial charge in [0.2, 0.25) is 35.4 Å². The molecule has 0 unspecified atom stereocenters. The van der Waals surface area contributed by atoms with Crippen LogP contribution in [0.5, 0.6) is 0 Å². The van der Waals surface area contributed by atoms with Gasteiger partial charge in [0.15, 0.2) is 0 Å². The zero-order valence-corrected chi connectivity index (χ0v) is 39.9. The van der Waals surface area contributed by atoms with Crippen molar-refractivity contribution in [3.63, 3.8) is 0 Å². The number of azide groups is 1. The van der Waals surface area contributed by atoms with E-state index in [0.29, 0.717) is 5.69 Å². The average Bonchev–Trinajstić information content (AvgIpc) is 4.09. The van der Waals surface area contributed by atoms with E-state index in [1.165, 1.54) is 15.4 Å². The molecule has 3 heterocycles. The van der Waals surface area contributed by atoms with Crippen LogP contribution < -0.4 is 31.9 Å². The number of nitrogens with zero attached hydrogens (tertiary/aromatic N) is 8. The van der Waals surface area contributed by atoms with E-state index in [9.17, 15) is 34.3 Å². The van der Waals surface area contributed by atoms with Gasteiger partial charge in [-0.15, -0.1) is 29.9 Å². The Morgan fingerprint density at radius 1 is 0.791 bits per heavy atom. The van der Waals surface area contributed by atoms with Crippen LogP contribution >= 0.6 is 24.8 Å². The first-order valence-electron chi connectivity index (χ1n) is 22.6. The van der Waals surface area contributed by atoms with Crippen LogP contribution in [-0.2, 0) is 48.0 Å². The van der Waals surface area contributed by atoms with Crippen molar-refractivity contribution in [1.29, 1.82) is 0 Å². The van der Waals surface area contributed by atoms with E-state index in [-0.39, 0.29) is 93.5 Å². The Bertz CT molecular complexity index is 2310. The number of likely N-dealkylation sites (tertiary alicyclic amines) is 2. The number of carbonyl (C=O) groups is 6. The predicted octanol–water partition coefficient (Wildman–Crippen LogP) is 2.29. The molecule has 9 atom stereocenters. The molecular weight excluding hydrogens is 903 g/mol. The number of amides is 6. The Balaban J connectivity index is 0.00000420. The molecule has 0 bridgehead atoms. The molecule has 67 heavy (non-hydrogen) atoms. The summed E-state index contributed by atoms with van der Waals surface area (Å²) in [5.41, 5.74) is 14.1. The molecule has 4 aliphatic rings. The quantitative estimate of drug-likeness (QED) is 0.0694. The van der Waals surface area contributed by atoms with Crippen molar-refractivity contribution < 1.29 is 28.8 Å². The van der Waals surface area contributed by atoms with Gasteiger partial charge in [-0.25, -0.2) is 4.68 Å². The third-order valence-corrected chi connectivity index (χ3v) is 13.4. The molecule has 3 aromatic rings. The fraction of sp³-hybridized carbons (Fsp3) is 0.556. The molecule has 20 nitrogen and oxygen atoms in total. The van der Waals surface area contributed by atoms with E-state index in [1.54, 1.807) is 38.8 Å². The first-order chi connectivity index (χ1) is 31.4. The van der Waals surface area contributed by atoms with Crippen molar-refractivity contribution >= 4 is 60.3 Å². The first-order valence-corrected chi connectivity index (χ1v) is 22.6. The van der Waals surface area contributed by atoms with E-state index in [4.69, 9.17) is 0 Å². The predicted molar refractivity (Wildman–Crippen MR) is 253 cm³/mol. The van der Waals surface area contributed by atoms with Crippen LogP contribution in [0.4, 0.5) is 0 Å². The summed E-state index contributed by atoms with van der Waals surface area (Å²) < 4.78 is 1.56. The summed E-state index contributed by atoms with van der Waals surface area (Å²) in [4.78, 5) is 88.5. The molecular formula is C45H62Cl2N14O6. The van der Waals surface area contributed by atoms with Crippen LogP contribution in [0.25, 0.3) is 10.4 Å². The Kier molecular flexibility index (Phi) is 18.5. The number of rotatable bonds is 16. The lowest BCUT2D eigenvalue weighted by Gasteiger charge is -2.31. The molecule has 2 aliphatic carbocycles. The van der Waals surface area contributed by atoms with Gasteiger partial charge in [0.05, 0.1) is 48.5 Å². The molecule has 0 saturated carbocycles. The second-order valence-electron chi connectivity index (χ2n) is 17.6. The van der Waals surface area contributed by atoms with E-state index < -0.39 is 60.0 Å². The fourth-order valence-electron chi connectivity index (χ4n) is 9.51. The lowest BCUT2D eigenvalue weighted by molar-refractivity contribution is -0.141. The third kappa shape index (κ3) is 12.2. The number of aryl methyl sites for hydroxylation is 2. The Labute approximate surface area is 402 Å². The Morgan fingerprint density at radius 2 is 1.36 bits per heavy atom. The second kappa shape index (κ2) is 23.8. The van der Waals surface area contributed by atoms with Gasteiger partial charge in [0.25, 0.3) is 0 Å². The SMILES string of the molecule is CN[C@@H](C)C(=O)N[C@@H](Cc1cn([C@H]2C[C@@H](C(=O)N[C@@H]3CCCc4ccccc43)N(C(=O)CNC(=O)[C@@H](C)NC)C2)nn1)C(=O)N1C[C@H](N=[N+]=[N-])C[C@@H]1C(=O)N[C@@H]1CCCc2ccccc21.Cl.Cl. The van der Waals surface area contributed by atoms with Crippen molar-refractivity contribution in [1.82, 2.24) is 56.7 Å². The van der Waals surface area contributed by atoms with Crippen molar-refractivity contribution in [2.75, 3.05) is 33.7 Å². The molecule has 6 amide bonds. The maximum Gasteiger partial charge on any atom is 0.246 e. The minimum absolute atomic E-state index is 0. The summed E-state index contributed by atoms with van der Waals surface area (Å²) in [6.45, 7) is 3.08. The molecule has 2 aromatic carbocycles. The highest BCUT2D eigenvalue weighted by molar-refractivity contribution is 5.94. The van der Waals surface area contributed by atoms with Crippen LogP contribution in [0.15, 0.2) is 59.8 Å². The zero-order chi connectivity index (χ0) is 46.2. The molecule has 362 valence electrons. The monoisotopic (exact) mass is 964 g/mol. The fourth-order valence-corrected chi connectivity index (χ4v) is 9.51. The number of carbonyl (C=O) groups excluding carboxylic acids is 6. The van der Waals surface area contributed by atoms with Gasteiger partial charge in [0, 0.05) is 37.0 Å². The molecule has 2 saturated heterocycles. The number of likely N-dealkylation sites (N-methyl/N-ethyl adjacent to an activating group) is 2. The van der Waals surface area contributed by atoms with Crippen LogP contribution in [-0.4, -0.2) is 130 Å². The van der Waals surface area contributed by atoms with Gasteiger partial charge in [-0.3, -0.25) is 28.8 Å². The molecule has 2 fully saturated rings. The summed E-state index contributed by atoms with van der Waals surface area (Å²) in [7, 11) is 3.26. The molecule has 0 spiro atoms. The van der Waals surface area contributed by atoms with Gasteiger partial charge >= 0.3 is 0 Å². The molecule has 22 heteroatoms. The minimum atomic E-state index is -1.19. The second-order valence-corrected chi connectivity index (χ2v) is 17.6. The van der Waals surface area contributed by atoms with Crippen LogP contribution in [0, 0.1) is 0 Å². The number of nitrogens with one attached hydrogen (secondary N) is 6. The maximum absolute atomic E-state index is 14.7. The molecule has 6 N–H and O–H groups in total. The first kappa shape index (κ1) is 52.2. The maximum atomic E-state index is 14.7. The normalized spacial score (nSPS) is 23.0. The number of hydrogen-bond acceptors (Lipinski definition) is 11. The number of aromatic nitrogens is 3. The van der Waals surface area contributed by atoms with Gasteiger partial charge in [-0.2, -0.15) is 0 Å². The van der Waals surface area contributed by atoms with Gasteiger partial charge in [0.1, 0.15) is 18.1 Å². The highest BCUT2D eigenvalue weighted by atomic mass is 35.5. The summed E-state index contributed by atoms with van der Waals surface area (Å²) in [6, 6.07) is 10.1. The highest BCUT2D eigenvalue weighted by Gasteiger charge is 2.44. The number of hydrogen-bond donors (Lipinski definition) is 6. The van der Waals surface area contributed by atoms with Crippen molar-refractivity contribution in [3.05, 3.63) is 93.1 Å². The topological polar surface area (TPSA) is 261 Å². The molecule has 2 aliphatic heterocycles. The average molecular weight is 966 g/mol. The summed E-state index contributed by atoms with van der Waals surface area (Å²) in [6.07, 6.45) is 6.95. The molecule has 1 aromatic heterocycles. The van der Waals surface area contributed by atoms with Crippen molar-refractivity contribution in [2.45, 2.75) is 126 Å². The van der Waals surface area contributed by atoms with Crippen LogP contribution in [0.1, 0.15) is 98.4 Å². The van der Waals surface area contributed by atoms with Gasteiger partial charge < -0.3 is 41.7 Å². The Morgan fingerprint density at radius 3 is 1.94 bits per heavy atom. The van der Waals surface area contributed by atoms with Crippen molar-refractivity contribution in [2.24, 2.45) is 5.11 Å². The largest absolute Gasteiger partial charge is 0.347 e. The molecule has 7 rings (SSSR count). The van der Waals surface area contributed by atoms with Gasteiger partial charge in [-0.1, -0.05) is 58.9 Å². The number of benzene rings is 2. The summed E-state index contributed by atoms with van der Waals surface area (Å²) in [5.74, 6) is -2.50. The molecule has 0 radical (unpaired) electrons. The highest BCUT2D eigenvalue weighted by Crippen LogP contribution is 2.33. The number of halogens is 2. The lowest BCUT2D eigenvalue weighted by Crippen LogP contribution is -2.56. The Hall–Kier alpha value is -5.79. The van der Waals surface area contributed by atoms with Crippen LogP contribution in [0.3, 0.4) is 0 Å². The van der Waals surface area contributed by atoms with E-state index in [0.717, 1.165) is 55.2 Å². The summed E-state index contributed by atoms with van der Waals surface area (Å²) >= 11 is 0. The van der Waals surface area contributed by atoms with E-state index in [1.807, 2.05) is 36.4 Å². The number of fused-ring (bicyclic) bond motifs is 2. The zero-order valence-electron chi connectivity index (χ0n) is 38.2. The minimum Gasteiger partial charge on any atom is -0.347 e. The smallest absolute Gasteiger partial charge is 0.246 e. The lowest BCUT2D eigenvalue weighted by atomic mass is 9.87. The third-order valence-electron chi connectivity index (χ3n) is 13.4. The van der Waals surface area contributed by atoms with Crippen molar-refractivity contribution in [3.8, 4) is 0 Å². The van der Waals surface area contributed by atoms with Gasteiger partial charge in [-0.05, 0) is 101 Å². The van der Waals surface area contributed by atoms with Crippen LogP contribution in [0.2, 0.25) is 0 Å². The summed E-state index contributed by atoms with van der Waals surface area (Å²) in [5, 5.41) is 30.3. The standard InChI is InChI=1S/C45H60N14O6.2ClH/c1-26(47-3)41(61)49-22-40(60)57-25-32(21-39(57)44(64)51-36-18-10-14-29-12-6-8-16-34(29)36)59-24-30(54-56-59)19-37(52-42(62)27(2)48-4)45(65)58-23-31(53-55-46)20-38(58)43(63)50-35-17-9-13-28-11-5-7-15-33(28)35;;/h5-8,11-12,15-16,24,26-27,31-32,35-39,47-48H,9-10,13-14,17-23,25H2,1-4H3,(H,49,61)(H,50,63)(H,51,64)(H,52,62);2*1H/t26-,27+,31-,32+,35-,36-,37+,38-,39+;;/m1../s1. The van der Waals surface area contributed by atoms with E-state index >= 15 is 0 Å².